The Morgan fingerprint density at radius 2 is 1.61 bits per heavy atom. The lowest BCUT2D eigenvalue weighted by molar-refractivity contribution is -0.645. The molecule has 0 unspecified atom stereocenters. The number of para-hydroxylation sites is 2. The molecule has 0 saturated carbocycles. The van der Waals surface area contributed by atoms with Gasteiger partial charge in [0.1, 0.15) is 6.54 Å². The molecule has 0 radical (unpaired) electrons. The second-order valence-electron chi connectivity index (χ2n) is 4.33. The number of rotatable bonds is 2. The molecular weight excluding hydrogens is 288 g/mol. The van der Waals surface area contributed by atoms with Crippen molar-refractivity contribution in [3.8, 4) is 0 Å². The van der Waals surface area contributed by atoms with E-state index in [2.05, 4.69) is 77.1 Å². The molecule has 0 atom stereocenters. The molecule has 1 heterocycles. The maximum absolute atomic E-state index is 2.28. The van der Waals surface area contributed by atoms with Crippen LogP contribution in [-0.4, -0.2) is 4.57 Å². The lowest BCUT2D eigenvalue weighted by atomic mass is 10.2. The smallest absolute Gasteiger partial charge is 0.244 e. The number of hydrogen-bond donors (Lipinski definition) is 0. The molecular formula is C15H15BrN2. The number of hydrogen-bond acceptors (Lipinski definition) is 0. The first-order valence-corrected chi connectivity index (χ1v) is 5.82. The Labute approximate surface area is 117 Å². The van der Waals surface area contributed by atoms with Gasteiger partial charge in [0.25, 0.3) is 0 Å². The highest BCUT2D eigenvalue weighted by Crippen LogP contribution is 2.12. The van der Waals surface area contributed by atoms with Crippen LogP contribution in [0.1, 0.15) is 5.56 Å². The predicted octanol–water partition coefficient (Wildman–Crippen LogP) is -0.482. The highest BCUT2D eigenvalue weighted by atomic mass is 79.9. The summed E-state index contributed by atoms with van der Waals surface area (Å²) < 4.78 is 4.45. The zero-order valence-electron chi connectivity index (χ0n) is 10.3. The Morgan fingerprint density at radius 1 is 0.944 bits per heavy atom. The van der Waals surface area contributed by atoms with Crippen LogP contribution in [0.25, 0.3) is 11.0 Å². The van der Waals surface area contributed by atoms with E-state index in [4.69, 9.17) is 0 Å². The lowest BCUT2D eigenvalue weighted by Gasteiger charge is -1.97. The number of imidazole rings is 1. The molecule has 0 aliphatic heterocycles. The van der Waals surface area contributed by atoms with Crippen LogP contribution in [-0.2, 0) is 13.6 Å². The largest absolute Gasteiger partial charge is 1.00 e. The van der Waals surface area contributed by atoms with E-state index < -0.39 is 0 Å². The number of fused-ring (bicyclic) bond motifs is 1. The van der Waals surface area contributed by atoms with Crippen molar-refractivity contribution in [3.63, 3.8) is 0 Å². The topological polar surface area (TPSA) is 8.81 Å². The van der Waals surface area contributed by atoms with Gasteiger partial charge in [-0.15, -0.1) is 0 Å². The number of nitrogens with zero attached hydrogens (tertiary/aromatic N) is 2. The standard InChI is InChI=1S/C15H15N2.BrH/c1-16-12-17(11-13-7-3-2-4-8-13)15-10-6-5-9-14(15)16;/h2-10,12H,11H2,1H3;1H/q+1;/p-1. The molecule has 0 aliphatic carbocycles. The number of halogens is 1. The fourth-order valence-corrected chi connectivity index (χ4v) is 2.24. The molecule has 0 N–H and O–H groups in total. The summed E-state index contributed by atoms with van der Waals surface area (Å²) in [7, 11) is 2.09. The van der Waals surface area contributed by atoms with Gasteiger partial charge in [-0.1, -0.05) is 42.5 Å². The van der Waals surface area contributed by atoms with Crippen molar-refractivity contribution in [1.82, 2.24) is 4.57 Å². The Bertz CT molecular complexity index is 644. The number of aromatic nitrogens is 2. The van der Waals surface area contributed by atoms with Gasteiger partial charge in [-0.3, -0.25) is 0 Å². The van der Waals surface area contributed by atoms with Gasteiger partial charge in [-0.25, -0.2) is 9.13 Å². The normalized spacial score (nSPS) is 10.3. The number of benzene rings is 2. The van der Waals surface area contributed by atoms with Crippen molar-refractivity contribution in [2.75, 3.05) is 0 Å². The van der Waals surface area contributed by atoms with E-state index in [0.29, 0.717) is 0 Å². The van der Waals surface area contributed by atoms with E-state index in [1.54, 1.807) is 0 Å². The Balaban J connectivity index is 0.00000120. The fraction of sp³-hybridized carbons (Fsp3) is 0.133. The van der Waals surface area contributed by atoms with Crippen LogP contribution in [0.15, 0.2) is 60.9 Å². The second-order valence-corrected chi connectivity index (χ2v) is 4.33. The summed E-state index contributed by atoms with van der Waals surface area (Å²) >= 11 is 0. The maximum Gasteiger partial charge on any atom is 0.244 e. The van der Waals surface area contributed by atoms with Crippen molar-refractivity contribution >= 4 is 11.0 Å². The minimum Gasteiger partial charge on any atom is -1.00 e. The molecule has 1 aromatic heterocycles. The second kappa shape index (κ2) is 5.36. The molecule has 0 bridgehead atoms. The molecule has 0 aliphatic rings. The molecule has 0 spiro atoms. The SMILES string of the molecule is C[n+]1cn(Cc2ccccc2)c2ccccc21.[Br-]. The zero-order valence-corrected chi connectivity index (χ0v) is 11.8. The van der Waals surface area contributed by atoms with Gasteiger partial charge in [0.15, 0.2) is 11.0 Å². The van der Waals surface area contributed by atoms with Crippen LogP contribution in [0.5, 0.6) is 0 Å². The van der Waals surface area contributed by atoms with E-state index in [1.807, 2.05) is 0 Å². The van der Waals surface area contributed by atoms with Crippen molar-refractivity contribution in [3.05, 3.63) is 66.5 Å². The third kappa shape index (κ3) is 2.31. The van der Waals surface area contributed by atoms with Crippen LogP contribution >= 0.6 is 0 Å². The van der Waals surface area contributed by atoms with Crippen molar-refractivity contribution in [2.24, 2.45) is 7.05 Å². The summed E-state index contributed by atoms with van der Waals surface area (Å²) in [6.45, 7) is 0.919. The molecule has 0 saturated heterocycles. The minimum atomic E-state index is 0. The van der Waals surface area contributed by atoms with Crippen molar-refractivity contribution in [1.29, 1.82) is 0 Å². The molecule has 0 fully saturated rings. The third-order valence-electron chi connectivity index (χ3n) is 3.08. The molecule has 3 heteroatoms. The molecule has 2 nitrogen and oxygen atoms in total. The third-order valence-corrected chi connectivity index (χ3v) is 3.08. The lowest BCUT2D eigenvalue weighted by Crippen LogP contribution is -3.00. The predicted molar refractivity (Wildman–Crippen MR) is 68.7 cm³/mol. The molecule has 3 aromatic rings. The Morgan fingerprint density at radius 3 is 2.39 bits per heavy atom. The van der Waals surface area contributed by atoms with E-state index >= 15 is 0 Å². The van der Waals surface area contributed by atoms with Crippen LogP contribution in [0, 0.1) is 0 Å². The van der Waals surface area contributed by atoms with E-state index in [0.717, 1.165) is 6.54 Å². The summed E-state index contributed by atoms with van der Waals surface area (Å²) in [6.07, 6.45) is 2.15. The average Bonchev–Trinajstić information content (AvgIpc) is 2.69. The van der Waals surface area contributed by atoms with Crippen LogP contribution in [0.3, 0.4) is 0 Å². The van der Waals surface area contributed by atoms with E-state index in [-0.39, 0.29) is 17.0 Å². The van der Waals surface area contributed by atoms with Gasteiger partial charge in [0.05, 0.1) is 7.05 Å². The summed E-state index contributed by atoms with van der Waals surface area (Å²) in [4.78, 5) is 0. The van der Waals surface area contributed by atoms with Crippen LogP contribution in [0.2, 0.25) is 0 Å². The first kappa shape index (κ1) is 12.8. The van der Waals surface area contributed by atoms with Gasteiger partial charge < -0.3 is 17.0 Å². The van der Waals surface area contributed by atoms with Crippen LogP contribution < -0.4 is 21.5 Å². The molecule has 0 amide bonds. The van der Waals surface area contributed by atoms with E-state index in [9.17, 15) is 0 Å². The van der Waals surface area contributed by atoms with Gasteiger partial charge >= 0.3 is 0 Å². The summed E-state index contributed by atoms with van der Waals surface area (Å²) in [6, 6.07) is 19.0. The molecule has 92 valence electrons. The summed E-state index contributed by atoms with van der Waals surface area (Å²) in [5.74, 6) is 0. The molecule has 3 rings (SSSR count). The minimum absolute atomic E-state index is 0. The quantitative estimate of drug-likeness (QED) is 0.566. The summed E-state index contributed by atoms with van der Waals surface area (Å²) in [5, 5.41) is 0. The number of aryl methyl sites for hydroxylation is 1. The van der Waals surface area contributed by atoms with E-state index in [1.165, 1.54) is 16.6 Å². The highest BCUT2D eigenvalue weighted by Gasteiger charge is 2.11. The fourth-order valence-electron chi connectivity index (χ4n) is 2.24. The first-order valence-electron chi connectivity index (χ1n) is 5.82. The monoisotopic (exact) mass is 302 g/mol. The summed E-state index contributed by atoms with van der Waals surface area (Å²) in [5.41, 5.74) is 3.87. The van der Waals surface area contributed by atoms with Crippen LogP contribution in [0.4, 0.5) is 0 Å². The first-order chi connectivity index (χ1) is 8.34. The molecule has 2 aromatic carbocycles. The van der Waals surface area contributed by atoms with Gasteiger partial charge in [-0.2, -0.15) is 0 Å². The Hall–Kier alpha value is -1.61. The van der Waals surface area contributed by atoms with Crippen molar-refractivity contribution in [2.45, 2.75) is 6.54 Å². The average molecular weight is 303 g/mol. The van der Waals surface area contributed by atoms with Crippen molar-refractivity contribution < 1.29 is 21.5 Å². The maximum atomic E-state index is 2.28. The van der Waals surface area contributed by atoms with Gasteiger partial charge in [0.2, 0.25) is 6.33 Å². The Kier molecular flexibility index (Phi) is 3.82. The highest BCUT2D eigenvalue weighted by molar-refractivity contribution is 5.71. The van der Waals surface area contributed by atoms with Gasteiger partial charge in [-0.05, 0) is 17.7 Å². The zero-order chi connectivity index (χ0) is 11.7. The molecule has 18 heavy (non-hydrogen) atoms. The van der Waals surface area contributed by atoms with Gasteiger partial charge in [0, 0.05) is 0 Å².